The Bertz CT molecular complexity index is 1530. The fraction of sp³-hybridized carbons (Fsp3) is 0.320. The van der Waals surface area contributed by atoms with Gasteiger partial charge in [-0.15, -0.1) is 11.3 Å². The van der Waals surface area contributed by atoms with E-state index in [1.807, 2.05) is 53.3 Å². The average molecular weight is 508 g/mol. The van der Waals surface area contributed by atoms with Crippen molar-refractivity contribution in [2.45, 2.75) is 45.9 Å². The molecule has 8 nitrogen and oxygen atoms in total. The van der Waals surface area contributed by atoms with Crippen LogP contribution in [0.4, 0.5) is 0 Å². The number of hydrogen-bond donors (Lipinski definition) is 0. The van der Waals surface area contributed by atoms with Gasteiger partial charge < -0.3 is 9.47 Å². The maximum atomic E-state index is 13.0. The fourth-order valence-corrected chi connectivity index (χ4v) is 5.47. The van der Waals surface area contributed by atoms with Crippen molar-refractivity contribution in [2.24, 2.45) is 0 Å². The topological polar surface area (TPSA) is 76.1 Å². The number of rotatable bonds is 9. The molecule has 10 heteroatoms. The molecule has 35 heavy (non-hydrogen) atoms. The third kappa shape index (κ3) is 4.69. The first kappa shape index (κ1) is 23.5. The van der Waals surface area contributed by atoms with E-state index in [0.717, 1.165) is 34.9 Å². The highest BCUT2D eigenvalue weighted by Gasteiger charge is 2.17. The van der Waals surface area contributed by atoms with E-state index in [2.05, 4.69) is 35.0 Å². The van der Waals surface area contributed by atoms with Crippen LogP contribution in [0.3, 0.4) is 0 Å². The molecule has 182 valence electrons. The molecular formula is C25H29N5O3SSi. The van der Waals surface area contributed by atoms with Crippen molar-refractivity contribution in [3.8, 4) is 17.4 Å². The Kier molecular flexibility index (Phi) is 6.35. The van der Waals surface area contributed by atoms with Gasteiger partial charge >= 0.3 is 11.7 Å². The maximum absolute atomic E-state index is 13.0. The third-order valence-corrected chi connectivity index (χ3v) is 8.31. The van der Waals surface area contributed by atoms with E-state index in [4.69, 9.17) is 9.47 Å². The highest BCUT2D eigenvalue weighted by atomic mass is 32.1. The van der Waals surface area contributed by atoms with Gasteiger partial charge in [0.15, 0.2) is 5.65 Å². The summed E-state index contributed by atoms with van der Waals surface area (Å²) in [4.78, 5) is 22.1. The number of fused-ring (bicyclic) bond motifs is 2. The van der Waals surface area contributed by atoms with E-state index in [1.54, 1.807) is 26.7 Å². The van der Waals surface area contributed by atoms with E-state index >= 15 is 0 Å². The smallest absolute Gasteiger partial charge is 0.334 e. The summed E-state index contributed by atoms with van der Waals surface area (Å²) < 4.78 is 17.5. The monoisotopic (exact) mass is 507 g/mol. The standard InChI is InChI=1S/C25H29N5O3SSi/c1-5-28-21-7-6-12-26-23(21)30(25(28)31)18-8-10-19(11-9-18)33-24-27-20-15-34-16-22(20)29(24)17-32-13-14-35(2,3)4/h6-12,15-16H,5,13-14,17H2,1-4H3. The molecule has 1 aromatic carbocycles. The minimum absolute atomic E-state index is 0.110. The van der Waals surface area contributed by atoms with Gasteiger partial charge in [0, 0.05) is 38.2 Å². The van der Waals surface area contributed by atoms with E-state index in [1.165, 1.54) is 0 Å². The number of aromatic nitrogens is 5. The van der Waals surface area contributed by atoms with Crippen LogP contribution < -0.4 is 10.4 Å². The Morgan fingerprint density at radius 3 is 2.57 bits per heavy atom. The first-order valence-corrected chi connectivity index (χ1v) is 16.4. The van der Waals surface area contributed by atoms with Gasteiger partial charge in [-0.1, -0.05) is 19.6 Å². The Balaban J connectivity index is 1.40. The van der Waals surface area contributed by atoms with Gasteiger partial charge in [-0.3, -0.25) is 9.13 Å². The maximum Gasteiger partial charge on any atom is 0.334 e. The first-order valence-electron chi connectivity index (χ1n) is 11.7. The second kappa shape index (κ2) is 9.44. The lowest BCUT2D eigenvalue weighted by molar-refractivity contribution is 0.0850. The van der Waals surface area contributed by atoms with Crippen LogP contribution in [0.1, 0.15) is 6.92 Å². The van der Waals surface area contributed by atoms with Crippen LogP contribution in [0, 0.1) is 0 Å². The van der Waals surface area contributed by atoms with E-state index in [0.29, 0.717) is 30.7 Å². The summed E-state index contributed by atoms with van der Waals surface area (Å²) in [6.45, 7) is 10.7. The second-order valence-corrected chi connectivity index (χ2v) is 16.0. The molecular weight excluding hydrogens is 478 g/mol. The van der Waals surface area contributed by atoms with Crippen LogP contribution in [0.5, 0.6) is 11.8 Å². The summed E-state index contributed by atoms with van der Waals surface area (Å²) in [5.41, 5.74) is 3.97. The highest BCUT2D eigenvalue weighted by molar-refractivity contribution is 7.09. The Labute approximate surface area is 208 Å². The number of pyridine rings is 1. The molecule has 4 heterocycles. The molecule has 0 saturated heterocycles. The first-order chi connectivity index (χ1) is 16.9. The number of aryl methyl sites for hydroxylation is 1. The van der Waals surface area contributed by atoms with Crippen molar-refractivity contribution in [3.63, 3.8) is 0 Å². The molecule has 0 saturated carbocycles. The molecule has 0 amide bonds. The molecule has 5 aromatic rings. The summed E-state index contributed by atoms with van der Waals surface area (Å²) in [7, 11) is -1.16. The van der Waals surface area contributed by atoms with Gasteiger partial charge in [-0.25, -0.2) is 14.3 Å². The van der Waals surface area contributed by atoms with Crippen molar-refractivity contribution in [2.75, 3.05) is 6.61 Å². The van der Waals surface area contributed by atoms with Gasteiger partial charge in [0.2, 0.25) is 0 Å². The third-order valence-electron chi connectivity index (χ3n) is 5.89. The molecule has 0 aliphatic heterocycles. The number of nitrogens with zero attached hydrogens (tertiary/aromatic N) is 5. The molecule has 0 radical (unpaired) electrons. The van der Waals surface area contributed by atoms with Crippen molar-refractivity contribution in [3.05, 3.63) is 63.8 Å². The number of imidazole rings is 2. The van der Waals surface area contributed by atoms with E-state index in [9.17, 15) is 4.79 Å². The Morgan fingerprint density at radius 1 is 1.03 bits per heavy atom. The number of ether oxygens (including phenoxy) is 2. The molecule has 5 rings (SSSR count). The van der Waals surface area contributed by atoms with E-state index in [-0.39, 0.29) is 5.69 Å². The van der Waals surface area contributed by atoms with Gasteiger partial charge in [0.1, 0.15) is 18.0 Å². The second-order valence-electron chi connectivity index (χ2n) is 9.62. The highest BCUT2D eigenvalue weighted by Crippen LogP contribution is 2.29. The van der Waals surface area contributed by atoms with Gasteiger partial charge in [0.25, 0.3) is 0 Å². The van der Waals surface area contributed by atoms with Crippen molar-refractivity contribution in [1.29, 1.82) is 0 Å². The van der Waals surface area contributed by atoms with Crippen molar-refractivity contribution in [1.82, 2.24) is 23.7 Å². The molecule has 0 atom stereocenters. The minimum Gasteiger partial charge on any atom is -0.425 e. The zero-order chi connectivity index (χ0) is 24.6. The zero-order valence-corrected chi connectivity index (χ0v) is 22.2. The van der Waals surface area contributed by atoms with Crippen LogP contribution in [-0.4, -0.2) is 38.4 Å². The summed E-state index contributed by atoms with van der Waals surface area (Å²) in [6, 6.07) is 12.8. The predicted octanol–water partition coefficient (Wildman–Crippen LogP) is 5.72. The lowest BCUT2D eigenvalue weighted by Crippen LogP contribution is -2.22. The predicted molar refractivity (Wildman–Crippen MR) is 143 cm³/mol. The SMILES string of the molecule is CCn1c(=O)n(-c2ccc(Oc3nc4cscc4n3COCC[Si](C)(C)C)cc2)c2ncccc21. The van der Waals surface area contributed by atoms with Crippen LogP contribution >= 0.6 is 11.3 Å². The van der Waals surface area contributed by atoms with Crippen LogP contribution in [0.2, 0.25) is 25.7 Å². The lowest BCUT2D eigenvalue weighted by atomic mass is 10.3. The van der Waals surface area contributed by atoms with Crippen LogP contribution in [0.15, 0.2) is 58.1 Å². The van der Waals surface area contributed by atoms with Gasteiger partial charge in [-0.2, -0.15) is 4.98 Å². The molecule has 0 aliphatic carbocycles. The minimum atomic E-state index is -1.16. The zero-order valence-electron chi connectivity index (χ0n) is 20.4. The van der Waals surface area contributed by atoms with Crippen LogP contribution in [-0.2, 0) is 18.0 Å². The largest absolute Gasteiger partial charge is 0.425 e. The van der Waals surface area contributed by atoms with Crippen molar-refractivity contribution >= 4 is 41.6 Å². The average Bonchev–Trinajstić information content (AvgIpc) is 3.48. The lowest BCUT2D eigenvalue weighted by Gasteiger charge is -2.16. The van der Waals surface area contributed by atoms with Gasteiger partial charge in [-0.05, 0) is 49.4 Å². The molecule has 0 fully saturated rings. The molecule has 0 bridgehead atoms. The quantitative estimate of drug-likeness (QED) is 0.188. The molecule has 0 aliphatic rings. The normalized spacial score (nSPS) is 12.1. The van der Waals surface area contributed by atoms with Crippen LogP contribution in [0.25, 0.3) is 27.9 Å². The number of thiophene rings is 1. The number of hydrogen-bond acceptors (Lipinski definition) is 6. The molecule has 4 aromatic heterocycles. The van der Waals surface area contributed by atoms with Crippen molar-refractivity contribution < 1.29 is 9.47 Å². The molecule has 0 unspecified atom stereocenters. The summed E-state index contributed by atoms with van der Waals surface area (Å²) >= 11 is 1.61. The number of benzene rings is 1. The fourth-order valence-electron chi connectivity index (χ4n) is 3.97. The Hall–Kier alpha value is -3.21. The van der Waals surface area contributed by atoms with Gasteiger partial charge in [0.05, 0.1) is 16.7 Å². The summed E-state index contributed by atoms with van der Waals surface area (Å²) in [5, 5.41) is 4.07. The molecule has 0 spiro atoms. The Morgan fingerprint density at radius 2 is 1.83 bits per heavy atom. The molecule has 0 N–H and O–H groups in total. The summed E-state index contributed by atoms with van der Waals surface area (Å²) in [6.07, 6.45) is 1.70. The van der Waals surface area contributed by atoms with E-state index < -0.39 is 8.07 Å². The summed E-state index contributed by atoms with van der Waals surface area (Å²) in [5.74, 6) is 0.633.